The molecule has 0 saturated carbocycles. The molecule has 4 nitrogen and oxygen atoms in total. The van der Waals surface area contributed by atoms with E-state index >= 15 is 0 Å². The first kappa shape index (κ1) is 14.9. The van der Waals surface area contributed by atoms with E-state index in [4.69, 9.17) is 0 Å². The molecule has 0 radical (unpaired) electrons. The lowest BCUT2D eigenvalue weighted by atomic mass is 9.89. The fourth-order valence-electron chi connectivity index (χ4n) is 5.53. The van der Waals surface area contributed by atoms with E-state index in [9.17, 15) is 4.79 Å². The van der Waals surface area contributed by atoms with Gasteiger partial charge in [0.15, 0.2) is 0 Å². The Morgan fingerprint density at radius 2 is 1.77 bits per heavy atom. The molecule has 4 aliphatic heterocycles. The summed E-state index contributed by atoms with van der Waals surface area (Å²) in [4.78, 5) is 17.9. The van der Waals surface area contributed by atoms with Crippen molar-refractivity contribution < 1.29 is 4.79 Å². The summed E-state index contributed by atoms with van der Waals surface area (Å²) in [6.07, 6.45) is 9.59. The number of nitrogens with zero attached hydrogens (tertiary/aromatic N) is 2. The number of hydrogen-bond donors (Lipinski definition) is 1. The number of piperidine rings is 1. The molecular formula is C18H31N3O. The topological polar surface area (TPSA) is 35.6 Å². The minimum absolute atomic E-state index is 0.469. The fourth-order valence-corrected chi connectivity index (χ4v) is 5.53. The van der Waals surface area contributed by atoms with Gasteiger partial charge in [-0.1, -0.05) is 6.92 Å². The molecule has 4 unspecified atom stereocenters. The molecule has 4 rings (SSSR count). The maximum absolute atomic E-state index is 13.0. The van der Waals surface area contributed by atoms with Gasteiger partial charge in [-0.05, 0) is 57.4 Å². The molecule has 4 fully saturated rings. The summed E-state index contributed by atoms with van der Waals surface area (Å²) in [5.41, 5.74) is 0. The summed E-state index contributed by atoms with van der Waals surface area (Å²) >= 11 is 0. The molecule has 4 aliphatic rings. The van der Waals surface area contributed by atoms with E-state index < -0.39 is 0 Å². The maximum Gasteiger partial charge on any atom is 0.223 e. The fraction of sp³-hybridized carbons (Fsp3) is 0.944. The molecule has 0 aromatic rings. The Balaban J connectivity index is 1.39. The van der Waals surface area contributed by atoms with E-state index in [1.165, 1.54) is 51.5 Å². The molecule has 0 aliphatic carbocycles. The molecule has 22 heavy (non-hydrogen) atoms. The van der Waals surface area contributed by atoms with Gasteiger partial charge in [-0.3, -0.25) is 4.79 Å². The number of fused-ring (bicyclic) bond motifs is 4. The average Bonchev–Trinajstić information content (AvgIpc) is 2.98. The minimum Gasteiger partial charge on any atom is -0.335 e. The first-order valence-corrected chi connectivity index (χ1v) is 9.52. The molecule has 0 spiro atoms. The van der Waals surface area contributed by atoms with Crippen LogP contribution in [0.1, 0.15) is 58.3 Å². The lowest BCUT2D eigenvalue weighted by Gasteiger charge is -2.33. The summed E-state index contributed by atoms with van der Waals surface area (Å²) in [6.45, 7) is 5.66. The summed E-state index contributed by atoms with van der Waals surface area (Å²) in [6, 6.07) is 2.44. The van der Waals surface area contributed by atoms with Crippen LogP contribution in [0.3, 0.4) is 0 Å². The first-order chi connectivity index (χ1) is 10.7. The first-order valence-electron chi connectivity index (χ1n) is 9.52. The van der Waals surface area contributed by atoms with Gasteiger partial charge in [-0.15, -0.1) is 0 Å². The van der Waals surface area contributed by atoms with Gasteiger partial charge in [-0.2, -0.15) is 0 Å². The highest BCUT2D eigenvalue weighted by atomic mass is 16.2. The van der Waals surface area contributed by atoms with Crippen LogP contribution in [0.4, 0.5) is 0 Å². The number of rotatable bonds is 3. The van der Waals surface area contributed by atoms with Crippen LogP contribution in [-0.4, -0.2) is 59.5 Å². The number of hydrogen-bond acceptors (Lipinski definition) is 3. The van der Waals surface area contributed by atoms with Gasteiger partial charge in [0.2, 0.25) is 5.91 Å². The van der Waals surface area contributed by atoms with Crippen LogP contribution < -0.4 is 5.32 Å². The zero-order valence-corrected chi connectivity index (χ0v) is 14.0. The second kappa shape index (κ2) is 6.12. The number of carbonyl (C=O) groups excluding carboxylic acids is 1. The van der Waals surface area contributed by atoms with Crippen LogP contribution in [0, 0.1) is 5.92 Å². The van der Waals surface area contributed by atoms with Crippen LogP contribution in [0.25, 0.3) is 0 Å². The molecule has 124 valence electrons. The van der Waals surface area contributed by atoms with Crippen molar-refractivity contribution in [2.24, 2.45) is 5.92 Å². The van der Waals surface area contributed by atoms with Gasteiger partial charge < -0.3 is 15.1 Å². The quantitative estimate of drug-likeness (QED) is 0.866. The Bertz CT molecular complexity index is 415. The molecule has 4 bridgehead atoms. The third-order valence-corrected chi connectivity index (χ3v) is 6.64. The van der Waals surface area contributed by atoms with Crippen LogP contribution in [-0.2, 0) is 4.79 Å². The monoisotopic (exact) mass is 305 g/mol. The number of carbonyl (C=O) groups is 1. The normalized spacial score (nSPS) is 41.7. The predicted octanol–water partition coefficient (Wildman–Crippen LogP) is 1.99. The van der Waals surface area contributed by atoms with Crippen molar-refractivity contribution in [3.63, 3.8) is 0 Å². The predicted molar refractivity (Wildman–Crippen MR) is 87.7 cm³/mol. The Labute approximate surface area is 134 Å². The smallest absolute Gasteiger partial charge is 0.223 e. The largest absolute Gasteiger partial charge is 0.335 e. The summed E-state index contributed by atoms with van der Waals surface area (Å²) < 4.78 is 0. The second-order valence-electron chi connectivity index (χ2n) is 8.05. The number of nitrogens with one attached hydrogen (secondary N) is 1. The standard InChI is InChI=1S/C18H31N3O/c1-2-20-8-7-16-5-6-17(12-20)21(16)18(22)11-13-9-14-3-4-15(10-13)19-14/h13-17,19H,2-12H2,1H3. The lowest BCUT2D eigenvalue weighted by Crippen LogP contribution is -2.45. The molecular weight excluding hydrogens is 274 g/mol. The van der Waals surface area contributed by atoms with Crippen molar-refractivity contribution in [2.45, 2.75) is 82.5 Å². The Morgan fingerprint density at radius 3 is 2.50 bits per heavy atom. The highest BCUT2D eigenvalue weighted by Crippen LogP contribution is 2.35. The number of amides is 1. The van der Waals surface area contributed by atoms with Gasteiger partial charge in [-0.25, -0.2) is 0 Å². The highest BCUT2D eigenvalue weighted by Gasteiger charge is 2.41. The third kappa shape index (κ3) is 2.80. The molecule has 4 heteroatoms. The van der Waals surface area contributed by atoms with E-state index in [-0.39, 0.29) is 0 Å². The molecule has 1 N–H and O–H groups in total. The molecule has 4 saturated heterocycles. The Morgan fingerprint density at radius 1 is 1.05 bits per heavy atom. The zero-order chi connectivity index (χ0) is 15.1. The second-order valence-corrected chi connectivity index (χ2v) is 8.05. The molecule has 0 aromatic carbocycles. The van der Waals surface area contributed by atoms with Crippen molar-refractivity contribution in [1.29, 1.82) is 0 Å². The zero-order valence-electron chi connectivity index (χ0n) is 14.0. The van der Waals surface area contributed by atoms with Crippen molar-refractivity contribution in [3.05, 3.63) is 0 Å². The summed E-state index contributed by atoms with van der Waals surface area (Å²) in [5, 5.41) is 3.69. The maximum atomic E-state index is 13.0. The summed E-state index contributed by atoms with van der Waals surface area (Å²) in [5.74, 6) is 1.10. The molecule has 4 atom stereocenters. The van der Waals surface area contributed by atoms with E-state index in [2.05, 4.69) is 22.0 Å². The summed E-state index contributed by atoms with van der Waals surface area (Å²) in [7, 11) is 0. The average molecular weight is 305 g/mol. The Kier molecular flexibility index (Phi) is 4.16. The Hall–Kier alpha value is -0.610. The van der Waals surface area contributed by atoms with Crippen LogP contribution in [0.5, 0.6) is 0 Å². The van der Waals surface area contributed by atoms with Crippen molar-refractivity contribution in [2.75, 3.05) is 19.6 Å². The van der Waals surface area contributed by atoms with Gasteiger partial charge in [0, 0.05) is 43.7 Å². The SMILES string of the molecule is CCN1CCC2CCC(C1)N2C(=O)CC1CC2CCC(C1)N2. The lowest BCUT2D eigenvalue weighted by molar-refractivity contribution is -0.135. The van der Waals surface area contributed by atoms with Gasteiger partial charge in [0.05, 0.1) is 0 Å². The van der Waals surface area contributed by atoms with Crippen molar-refractivity contribution in [3.8, 4) is 0 Å². The molecule has 1 amide bonds. The van der Waals surface area contributed by atoms with Crippen LogP contribution in [0.2, 0.25) is 0 Å². The number of likely N-dealkylation sites (N-methyl/N-ethyl adjacent to an activating group) is 1. The molecule has 4 heterocycles. The van der Waals surface area contributed by atoms with Gasteiger partial charge in [0.1, 0.15) is 0 Å². The minimum atomic E-state index is 0.469. The third-order valence-electron chi connectivity index (χ3n) is 6.64. The van der Waals surface area contributed by atoms with Gasteiger partial charge >= 0.3 is 0 Å². The molecule has 0 aromatic heterocycles. The van der Waals surface area contributed by atoms with Gasteiger partial charge in [0.25, 0.3) is 0 Å². The van der Waals surface area contributed by atoms with E-state index in [0.717, 1.165) is 19.5 Å². The highest BCUT2D eigenvalue weighted by molar-refractivity contribution is 5.77. The van der Waals surface area contributed by atoms with E-state index in [1.807, 2.05) is 0 Å². The number of likely N-dealkylation sites (tertiary alicyclic amines) is 1. The van der Waals surface area contributed by atoms with Crippen molar-refractivity contribution in [1.82, 2.24) is 15.1 Å². The van der Waals surface area contributed by atoms with Crippen LogP contribution >= 0.6 is 0 Å². The van der Waals surface area contributed by atoms with Crippen molar-refractivity contribution >= 4 is 5.91 Å². The van der Waals surface area contributed by atoms with E-state index in [0.29, 0.717) is 36.0 Å². The van der Waals surface area contributed by atoms with Crippen LogP contribution in [0.15, 0.2) is 0 Å². The van der Waals surface area contributed by atoms with E-state index in [1.54, 1.807) is 0 Å².